The summed E-state index contributed by atoms with van der Waals surface area (Å²) < 4.78 is 0. The van der Waals surface area contributed by atoms with Crippen LogP contribution < -0.4 is 5.32 Å². The molecule has 1 fully saturated rings. The highest BCUT2D eigenvalue weighted by molar-refractivity contribution is 5.92. The summed E-state index contributed by atoms with van der Waals surface area (Å²) in [5, 5.41) is 12.0. The summed E-state index contributed by atoms with van der Waals surface area (Å²) in [6, 6.07) is 3.50. The number of nitrogens with one attached hydrogen (secondary N) is 2. The first-order valence-electron chi connectivity index (χ1n) is 4.83. The topological polar surface area (TPSA) is 65.1 Å². The number of aliphatic hydroxyl groups is 1. The number of H-pyrrole nitrogens is 1. The first kappa shape index (κ1) is 9.27. The molecule has 0 atom stereocenters. The zero-order valence-corrected chi connectivity index (χ0v) is 7.92. The molecule has 0 spiro atoms. The van der Waals surface area contributed by atoms with E-state index in [0.717, 1.165) is 19.3 Å². The van der Waals surface area contributed by atoms with Crippen LogP contribution in [0.25, 0.3) is 0 Å². The van der Waals surface area contributed by atoms with Crippen LogP contribution in [0.15, 0.2) is 18.3 Å². The lowest BCUT2D eigenvalue weighted by atomic mass is 9.77. The van der Waals surface area contributed by atoms with Crippen molar-refractivity contribution in [1.29, 1.82) is 0 Å². The summed E-state index contributed by atoms with van der Waals surface area (Å²) in [5.74, 6) is -0.135. The SMILES string of the molecule is O=C(NC1(CO)CCC1)c1ccc[nH]1. The fourth-order valence-corrected chi connectivity index (χ4v) is 1.71. The molecule has 0 unspecified atom stereocenters. The molecule has 14 heavy (non-hydrogen) atoms. The first-order valence-corrected chi connectivity index (χ1v) is 4.83. The molecule has 1 saturated carbocycles. The van der Waals surface area contributed by atoms with Crippen molar-refractivity contribution in [3.63, 3.8) is 0 Å². The van der Waals surface area contributed by atoms with Gasteiger partial charge in [-0.25, -0.2) is 0 Å². The lowest BCUT2D eigenvalue weighted by molar-refractivity contribution is 0.0638. The van der Waals surface area contributed by atoms with Gasteiger partial charge in [0.05, 0.1) is 12.1 Å². The molecule has 1 aliphatic carbocycles. The van der Waals surface area contributed by atoms with Crippen LogP contribution in [0.4, 0.5) is 0 Å². The molecular formula is C10H14N2O2. The van der Waals surface area contributed by atoms with Gasteiger partial charge in [0.2, 0.25) is 0 Å². The number of aromatic amines is 1. The number of aliphatic hydroxyl groups excluding tert-OH is 1. The summed E-state index contributed by atoms with van der Waals surface area (Å²) in [7, 11) is 0. The standard InChI is InChI=1S/C10H14N2O2/c13-7-10(4-2-5-10)12-9(14)8-3-1-6-11-8/h1,3,6,11,13H,2,4-5,7H2,(H,12,14). The Morgan fingerprint density at radius 1 is 1.64 bits per heavy atom. The maximum Gasteiger partial charge on any atom is 0.268 e. The van der Waals surface area contributed by atoms with Crippen molar-refractivity contribution < 1.29 is 9.90 Å². The molecular weight excluding hydrogens is 180 g/mol. The maximum absolute atomic E-state index is 11.6. The molecule has 4 heteroatoms. The third-order valence-electron chi connectivity index (χ3n) is 2.83. The van der Waals surface area contributed by atoms with Crippen molar-refractivity contribution in [3.8, 4) is 0 Å². The van der Waals surface area contributed by atoms with Gasteiger partial charge in [-0.1, -0.05) is 0 Å². The Bertz CT molecular complexity index is 309. The fourth-order valence-electron chi connectivity index (χ4n) is 1.71. The Labute approximate surface area is 82.3 Å². The second-order valence-electron chi connectivity index (χ2n) is 3.83. The highest BCUT2D eigenvalue weighted by Crippen LogP contribution is 2.31. The smallest absolute Gasteiger partial charge is 0.268 e. The fraction of sp³-hybridized carbons (Fsp3) is 0.500. The third kappa shape index (κ3) is 1.53. The molecule has 2 rings (SSSR count). The summed E-state index contributed by atoms with van der Waals surface area (Å²) >= 11 is 0. The van der Waals surface area contributed by atoms with E-state index in [4.69, 9.17) is 5.11 Å². The van der Waals surface area contributed by atoms with Crippen LogP contribution in [0.5, 0.6) is 0 Å². The van der Waals surface area contributed by atoms with Crippen molar-refractivity contribution in [3.05, 3.63) is 24.0 Å². The zero-order chi connectivity index (χ0) is 10.0. The molecule has 76 valence electrons. The predicted octanol–water partition coefficient (Wildman–Crippen LogP) is 0.659. The van der Waals surface area contributed by atoms with Gasteiger partial charge in [0.1, 0.15) is 5.69 Å². The van der Waals surface area contributed by atoms with Gasteiger partial charge in [0.25, 0.3) is 5.91 Å². The van der Waals surface area contributed by atoms with E-state index in [1.54, 1.807) is 18.3 Å². The van der Waals surface area contributed by atoms with Crippen LogP contribution in [0.2, 0.25) is 0 Å². The van der Waals surface area contributed by atoms with Crippen LogP contribution in [0.3, 0.4) is 0 Å². The van der Waals surface area contributed by atoms with Crippen molar-refractivity contribution in [2.75, 3.05) is 6.61 Å². The molecule has 1 amide bonds. The highest BCUT2D eigenvalue weighted by atomic mass is 16.3. The van der Waals surface area contributed by atoms with E-state index in [1.165, 1.54) is 0 Å². The van der Waals surface area contributed by atoms with Crippen molar-refractivity contribution in [2.45, 2.75) is 24.8 Å². The number of hydrogen-bond acceptors (Lipinski definition) is 2. The molecule has 4 nitrogen and oxygen atoms in total. The van der Waals surface area contributed by atoms with Crippen molar-refractivity contribution in [2.24, 2.45) is 0 Å². The van der Waals surface area contributed by atoms with E-state index in [1.807, 2.05) is 0 Å². The van der Waals surface area contributed by atoms with E-state index in [9.17, 15) is 4.79 Å². The minimum absolute atomic E-state index is 0.0272. The van der Waals surface area contributed by atoms with Gasteiger partial charge in [0.15, 0.2) is 0 Å². The molecule has 0 bridgehead atoms. The number of aromatic nitrogens is 1. The maximum atomic E-state index is 11.6. The van der Waals surface area contributed by atoms with Crippen molar-refractivity contribution >= 4 is 5.91 Å². The Hall–Kier alpha value is -1.29. The number of rotatable bonds is 3. The predicted molar refractivity (Wildman–Crippen MR) is 51.9 cm³/mol. The van der Waals surface area contributed by atoms with E-state index in [0.29, 0.717) is 5.69 Å². The zero-order valence-electron chi connectivity index (χ0n) is 7.92. The Kier molecular flexibility index (Phi) is 2.29. The highest BCUT2D eigenvalue weighted by Gasteiger charge is 2.37. The van der Waals surface area contributed by atoms with Crippen LogP contribution in [0, 0.1) is 0 Å². The van der Waals surface area contributed by atoms with Gasteiger partial charge < -0.3 is 15.4 Å². The Morgan fingerprint density at radius 3 is 2.86 bits per heavy atom. The molecule has 1 aliphatic rings. The largest absolute Gasteiger partial charge is 0.394 e. The summed E-state index contributed by atoms with van der Waals surface area (Å²) in [4.78, 5) is 14.5. The average Bonchev–Trinajstić information content (AvgIpc) is 2.63. The molecule has 0 aromatic carbocycles. The summed E-state index contributed by atoms with van der Waals surface area (Å²) in [6.07, 6.45) is 4.53. The van der Waals surface area contributed by atoms with Gasteiger partial charge in [-0.05, 0) is 31.4 Å². The normalized spacial score (nSPS) is 18.6. The van der Waals surface area contributed by atoms with E-state index < -0.39 is 0 Å². The number of amides is 1. The molecule has 0 aliphatic heterocycles. The lowest BCUT2D eigenvalue weighted by Crippen LogP contribution is -2.56. The van der Waals surface area contributed by atoms with Gasteiger partial charge in [-0.15, -0.1) is 0 Å². The number of carbonyl (C=O) groups is 1. The van der Waals surface area contributed by atoms with E-state index in [2.05, 4.69) is 10.3 Å². The lowest BCUT2D eigenvalue weighted by Gasteiger charge is -2.40. The van der Waals surface area contributed by atoms with E-state index >= 15 is 0 Å². The average molecular weight is 194 g/mol. The first-order chi connectivity index (χ1) is 6.76. The Morgan fingerprint density at radius 2 is 2.43 bits per heavy atom. The summed E-state index contributed by atoms with van der Waals surface area (Å²) in [6.45, 7) is 0.0272. The summed E-state index contributed by atoms with van der Waals surface area (Å²) in [5.41, 5.74) is 0.187. The second kappa shape index (κ2) is 3.46. The van der Waals surface area contributed by atoms with E-state index in [-0.39, 0.29) is 18.1 Å². The molecule has 0 radical (unpaired) electrons. The molecule has 0 saturated heterocycles. The second-order valence-corrected chi connectivity index (χ2v) is 3.83. The Balaban J connectivity index is 2.01. The van der Waals surface area contributed by atoms with Crippen LogP contribution in [-0.4, -0.2) is 28.1 Å². The van der Waals surface area contributed by atoms with Crippen LogP contribution >= 0.6 is 0 Å². The third-order valence-corrected chi connectivity index (χ3v) is 2.83. The van der Waals surface area contributed by atoms with Crippen molar-refractivity contribution in [1.82, 2.24) is 10.3 Å². The van der Waals surface area contributed by atoms with Gasteiger partial charge in [-0.3, -0.25) is 4.79 Å². The molecule has 3 N–H and O–H groups in total. The monoisotopic (exact) mass is 194 g/mol. The van der Waals surface area contributed by atoms with Gasteiger partial charge in [0, 0.05) is 6.20 Å². The number of carbonyl (C=O) groups excluding carboxylic acids is 1. The molecule has 1 aromatic heterocycles. The van der Waals surface area contributed by atoms with Crippen LogP contribution in [0.1, 0.15) is 29.8 Å². The van der Waals surface area contributed by atoms with Crippen LogP contribution in [-0.2, 0) is 0 Å². The molecule has 1 heterocycles. The van der Waals surface area contributed by atoms with Gasteiger partial charge in [-0.2, -0.15) is 0 Å². The minimum Gasteiger partial charge on any atom is -0.394 e. The minimum atomic E-state index is -0.359. The molecule has 1 aromatic rings. The quantitative estimate of drug-likeness (QED) is 0.661. The number of hydrogen-bond donors (Lipinski definition) is 3. The van der Waals surface area contributed by atoms with Gasteiger partial charge >= 0.3 is 0 Å².